The van der Waals surface area contributed by atoms with E-state index in [0.717, 1.165) is 22.0 Å². The van der Waals surface area contributed by atoms with E-state index in [4.69, 9.17) is 9.47 Å². The van der Waals surface area contributed by atoms with Crippen molar-refractivity contribution in [2.45, 2.75) is 31.7 Å². The largest absolute Gasteiger partial charge is 0.478 e. The predicted octanol–water partition coefficient (Wildman–Crippen LogP) is 2.56. The minimum atomic E-state index is -3.58. The molecule has 11 nitrogen and oxygen atoms in total. The lowest BCUT2D eigenvalue weighted by Gasteiger charge is -2.11. The second-order valence-corrected chi connectivity index (χ2v) is 11.0. The number of ether oxygens (including phenoxy) is 2. The van der Waals surface area contributed by atoms with E-state index in [-0.39, 0.29) is 35.5 Å². The molecule has 182 valence electrons. The number of hydrogen-bond acceptors (Lipinski definition) is 11. The number of benzene rings is 1. The van der Waals surface area contributed by atoms with Gasteiger partial charge in [-0.3, -0.25) is 4.79 Å². The Hall–Kier alpha value is -3.58. The highest BCUT2D eigenvalue weighted by Crippen LogP contribution is 2.40. The Morgan fingerprint density at radius 3 is 2.77 bits per heavy atom. The van der Waals surface area contributed by atoms with Gasteiger partial charge in [-0.05, 0) is 26.0 Å². The lowest BCUT2D eigenvalue weighted by atomic mass is 10.1. The summed E-state index contributed by atoms with van der Waals surface area (Å²) in [5, 5.41) is 6.89. The van der Waals surface area contributed by atoms with Gasteiger partial charge in [-0.2, -0.15) is 4.98 Å². The summed E-state index contributed by atoms with van der Waals surface area (Å²) in [6.07, 6.45) is 3.91. The van der Waals surface area contributed by atoms with Gasteiger partial charge in [-0.1, -0.05) is 0 Å². The van der Waals surface area contributed by atoms with E-state index in [0.29, 0.717) is 34.6 Å². The molecule has 1 atom stereocenters. The standard InChI is InChI=1S/C22H22N6O5S2/c1-4-32-21-12(8-25-22(28-21)35(3,30)31)10-33-15-9-24-17-13(27-15)5-6-14-16(17)18-19(34-14)20(29)26-11(2)7-23-18/h5-6,8-9,11,23H,4,7,10H2,1-3H3,(H,26,29)/t11-/m1/s1. The second-order valence-electron chi connectivity index (χ2n) is 8.05. The molecule has 0 radical (unpaired) electrons. The maximum atomic E-state index is 12.6. The Bertz CT molecular complexity index is 1570. The molecule has 0 spiro atoms. The Kier molecular flexibility index (Phi) is 5.89. The van der Waals surface area contributed by atoms with Gasteiger partial charge >= 0.3 is 0 Å². The van der Waals surface area contributed by atoms with Gasteiger partial charge in [-0.15, -0.1) is 11.3 Å². The quantitative estimate of drug-likeness (QED) is 0.368. The Labute approximate surface area is 204 Å². The third kappa shape index (κ3) is 4.44. The first kappa shape index (κ1) is 23.2. The van der Waals surface area contributed by atoms with Crippen LogP contribution in [-0.2, 0) is 16.4 Å². The maximum absolute atomic E-state index is 12.6. The van der Waals surface area contributed by atoms with Crippen LogP contribution in [0.3, 0.4) is 0 Å². The fourth-order valence-electron chi connectivity index (χ4n) is 3.71. The van der Waals surface area contributed by atoms with E-state index in [2.05, 4.69) is 30.6 Å². The van der Waals surface area contributed by atoms with Crippen molar-refractivity contribution in [3.63, 3.8) is 0 Å². The highest BCUT2D eigenvalue weighted by Gasteiger charge is 2.25. The summed E-state index contributed by atoms with van der Waals surface area (Å²) < 4.78 is 35.8. The van der Waals surface area contributed by atoms with Gasteiger partial charge in [0, 0.05) is 35.1 Å². The van der Waals surface area contributed by atoms with Crippen molar-refractivity contribution in [2.75, 3.05) is 24.7 Å². The number of aromatic nitrogens is 4. The smallest absolute Gasteiger partial charge is 0.263 e. The first-order valence-electron chi connectivity index (χ1n) is 10.8. The molecule has 35 heavy (non-hydrogen) atoms. The molecular weight excluding hydrogens is 492 g/mol. The van der Waals surface area contributed by atoms with Gasteiger partial charge in [0.1, 0.15) is 11.5 Å². The Morgan fingerprint density at radius 1 is 1.17 bits per heavy atom. The third-order valence-corrected chi connectivity index (χ3v) is 7.32. The number of thiophene rings is 1. The summed E-state index contributed by atoms with van der Waals surface area (Å²) in [6.45, 7) is 4.64. The normalized spacial score (nSPS) is 15.9. The fraction of sp³-hybridized carbons (Fsp3) is 0.318. The SMILES string of the molecule is CCOc1nc(S(C)(=O)=O)ncc1COc1cnc2c(ccc3sc4c(c32)NC[C@@H](C)NC4=O)n1. The third-order valence-electron chi connectivity index (χ3n) is 5.30. The number of nitrogens with zero attached hydrogens (tertiary/aromatic N) is 4. The lowest BCUT2D eigenvalue weighted by Crippen LogP contribution is -2.34. The summed E-state index contributed by atoms with van der Waals surface area (Å²) in [4.78, 5) is 30.3. The fourth-order valence-corrected chi connectivity index (χ4v) is 5.29. The number of fused-ring (bicyclic) bond motifs is 5. The summed E-state index contributed by atoms with van der Waals surface area (Å²) in [6, 6.07) is 3.76. The average Bonchev–Trinajstić information content (AvgIpc) is 3.14. The molecule has 0 saturated heterocycles. The van der Waals surface area contributed by atoms with Crippen LogP contribution in [0, 0.1) is 0 Å². The van der Waals surface area contributed by atoms with Crippen molar-refractivity contribution < 1.29 is 22.7 Å². The molecule has 3 aromatic heterocycles. The number of carbonyl (C=O) groups excluding carboxylic acids is 1. The van der Waals surface area contributed by atoms with E-state index in [9.17, 15) is 13.2 Å². The predicted molar refractivity (Wildman–Crippen MR) is 131 cm³/mol. The van der Waals surface area contributed by atoms with Crippen molar-refractivity contribution in [1.29, 1.82) is 0 Å². The molecule has 1 amide bonds. The number of carbonyl (C=O) groups is 1. The Morgan fingerprint density at radius 2 is 2.00 bits per heavy atom. The van der Waals surface area contributed by atoms with Crippen molar-refractivity contribution in [3.8, 4) is 11.8 Å². The van der Waals surface area contributed by atoms with Crippen LogP contribution in [0.25, 0.3) is 21.1 Å². The van der Waals surface area contributed by atoms with Gasteiger partial charge in [0.25, 0.3) is 5.91 Å². The zero-order valence-electron chi connectivity index (χ0n) is 19.2. The van der Waals surface area contributed by atoms with Crippen LogP contribution in [0.15, 0.2) is 29.7 Å². The first-order chi connectivity index (χ1) is 16.7. The molecule has 0 fully saturated rings. The molecular formula is C22H22N6O5S2. The summed E-state index contributed by atoms with van der Waals surface area (Å²) >= 11 is 1.41. The molecule has 1 aliphatic heterocycles. The van der Waals surface area contributed by atoms with Crippen LogP contribution >= 0.6 is 11.3 Å². The monoisotopic (exact) mass is 514 g/mol. The van der Waals surface area contributed by atoms with Crippen LogP contribution in [0.1, 0.15) is 29.1 Å². The van der Waals surface area contributed by atoms with Crippen molar-refractivity contribution >= 4 is 53.9 Å². The summed E-state index contributed by atoms with van der Waals surface area (Å²) in [5.74, 6) is 0.305. The summed E-state index contributed by atoms with van der Waals surface area (Å²) in [7, 11) is -3.58. The molecule has 2 N–H and O–H groups in total. The molecule has 5 rings (SSSR count). The van der Waals surface area contributed by atoms with E-state index >= 15 is 0 Å². The lowest BCUT2D eigenvalue weighted by molar-refractivity contribution is 0.0949. The van der Waals surface area contributed by atoms with Crippen LogP contribution in [0.5, 0.6) is 11.8 Å². The summed E-state index contributed by atoms with van der Waals surface area (Å²) in [5.41, 5.74) is 2.52. The van der Waals surface area contributed by atoms with E-state index < -0.39 is 9.84 Å². The molecule has 1 aliphatic rings. The number of amides is 1. The average molecular weight is 515 g/mol. The van der Waals surface area contributed by atoms with Crippen LogP contribution in [0.4, 0.5) is 5.69 Å². The topological polar surface area (TPSA) is 145 Å². The second kappa shape index (κ2) is 8.89. The van der Waals surface area contributed by atoms with Gasteiger partial charge in [-0.25, -0.2) is 23.4 Å². The minimum absolute atomic E-state index is 0.00920. The zero-order valence-corrected chi connectivity index (χ0v) is 20.8. The van der Waals surface area contributed by atoms with Crippen molar-refractivity contribution in [1.82, 2.24) is 25.3 Å². The van der Waals surface area contributed by atoms with Gasteiger partial charge in [0.2, 0.25) is 26.8 Å². The molecule has 4 aromatic rings. The zero-order chi connectivity index (χ0) is 24.7. The van der Waals surface area contributed by atoms with E-state index in [1.54, 1.807) is 6.92 Å². The Balaban J connectivity index is 1.46. The molecule has 0 saturated carbocycles. The van der Waals surface area contributed by atoms with Gasteiger partial charge in [0.15, 0.2) is 0 Å². The number of nitrogens with one attached hydrogen (secondary N) is 2. The molecule has 0 bridgehead atoms. The number of hydrogen-bond donors (Lipinski definition) is 2. The van der Waals surface area contributed by atoms with Crippen molar-refractivity contribution in [3.05, 3.63) is 35.0 Å². The number of rotatable bonds is 6. The van der Waals surface area contributed by atoms with Gasteiger partial charge in [0.05, 0.1) is 35.1 Å². The molecule has 0 unspecified atom stereocenters. The highest BCUT2D eigenvalue weighted by atomic mass is 32.2. The molecule has 13 heteroatoms. The number of sulfone groups is 1. The maximum Gasteiger partial charge on any atom is 0.263 e. The van der Waals surface area contributed by atoms with E-state index in [1.807, 2.05) is 19.1 Å². The van der Waals surface area contributed by atoms with Crippen LogP contribution < -0.4 is 20.1 Å². The number of anilines is 1. The van der Waals surface area contributed by atoms with Crippen molar-refractivity contribution in [2.24, 2.45) is 0 Å². The van der Waals surface area contributed by atoms with Crippen LogP contribution in [0.2, 0.25) is 0 Å². The molecule has 4 heterocycles. The van der Waals surface area contributed by atoms with Gasteiger partial charge < -0.3 is 20.1 Å². The molecule has 0 aliphatic carbocycles. The van der Waals surface area contributed by atoms with Crippen LogP contribution in [-0.4, -0.2) is 59.7 Å². The molecule has 1 aromatic carbocycles. The van der Waals surface area contributed by atoms with E-state index in [1.165, 1.54) is 23.7 Å². The highest BCUT2D eigenvalue weighted by molar-refractivity contribution is 7.90. The minimum Gasteiger partial charge on any atom is -0.478 e. The first-order valence-corrected chi connectivity index (χ1v) is 13.5.